The van der Waals surface area contributed by atoms with Gasteiger partial charge in [-0.2, -0.15) is 11.8 Å². The van der Waals surface area contributed by atoms with Crippen molar-refractivity contribution in [3.63, 3.8) is 0 Å². The second-order valence-electron chi connectivity index (χ2n) is 4.59. The van der Waals surface area contributed by atoms with E-state index in [9.17, 15) is 4.79 Å². The van der Waals surface area contributed by atoms with Crippen molar-refractivity contribution in [3.8, 4) is 0 Å². The van der Waals surface area contributed by atoms with Crippen molar-refractivity contribution in [1.82, 2.24) is 0 Å². The molecule has 0 radical (unpaired) electrons. The van der Waals surface area contributed by atoms with Crippen molar-refractivity contribution in [3.05, 3.63) is 29.3 Å². The summed E-state index contributed by atoms with van der Waals surface area (Å²) >= 11 is 7.78. The van der Waals surface area contributed by atoms with Crippen LogP contribution in [0.25, 0.3) is 0 Å². The Bertz CT molecular complexity index is 469. The number of carbonyl (C=O) groups excluding carboxylic acids is 1. The molecule has 1 aliphatic rings. The van der Waals surface area contributed by atoms with E-state index in [-0.39, 0.29) is 11.2 Å². The summed E-state index contributed by atoms with van der Waals surface area (Å²) in [5.74, 6) is 0.778. The first-order valence-corrected chi connectivity index (χ1v) is 7.84. The van der Waals surface area contributed by atoms with Crippen LogP contribution in [-0.2, 0) is 9.53 Å². The second kappa shape index (κ2) is 6.06. The number of thioether (sulfide) groups is 1. The first kappa shape index (κ1) is 14.5. The predicted octanol–water partition coefficient (Wildman–Crippen LogP) is 3.58. The van der Waals surface area contributed by atoms with Crippen molar-refractivity contribution in [1.29, 1.82) is 0 Å². The Morgan fingerprint density at radius 2 is 2.42 bits per heavy atom. The van der Waals surface area contributed by atoms with Gasteiger partial charge in [0.2, 0.25) is 0 Å². The number of nitrogens with one attached hydrogen (secondary N) is 1. The maximum absolute atomic E-state index is 12.3. The Morgan fingerprint density at radius 1 is 1.63 bits per heavy atom. The third-order valence-electron chi connectivity index (χ3n) is 3.39. The monoisotopic (exact) mass is 299 g/mol. The number of carbonyl (C=O) groups is 1. The molecule has 0 amide bonds. The van der Waals surface area contributed by atoms with Gasteiger partial charge >= 0.3 is 5.97 Å². The van der Waals surface area contributed by atoms with E-state index in [2.05, 4.69) is 12.2 Å². The summed E-state index contributed by atoms with van der Waals surface area (Å²) in [6.07, 6.45) is 0.768. The zero-order valence-corrected chi connectivity index (χ0v) is 12.7. The maximum atomic E-state index is 12.3. The van der Waals surface area contributed by atoms with Crippen molar-refractivity contribution in [2.24, 2.45) is 0 Å². The number of hydrogen-bond acceptors (Lipinski definition) is 4. The summed E-state index contributed by atoms with van der Waals surface area (Å²) in [7, 11) is 0. The van der Waals surface area contributed by atoms with Crippen LogP contribution in [0.15, 0.2) is 24.3 Å². The molecule has 1 saturated heterocycles. The molecule has 1 aromatic carbocycles. The summed E-state index contributed by atoms with van der Waals surface area (Å²) in [6, 6.07) is 7.44. The largest absolute Gasteiger partial charge is 0.464 e. The zero-order valence-electron chi connectivity index (χ0n) is 11.1. The molecular formula is C14H18ClNO2S. The standard InChI is InChI=1S/C14H18ClNO2S/c1-3-18-13(17)14(7-8-19-10(14)2)16-12-6-4-5-11(15)9-12/h4-6,9-10,16H,3,7-8H2,1-2H3. The average Bonchev–Trinajstić information content (AvgIpc) is 2.72. The van der Waals surface area contributed by atoms with Crippen molar-refractivity contribution in [2.45, 2.75) is 31.1 Å². The number of halogens is 1. The van der Waals surface area contributed by atoms with Crippen molar-refractivity contribution in [2.75, 3.05) is 17.7 Å². The Kier molecular flexibility index (Phi) is 4.63. The van der Waals surface area contributed by atoms with Crippen LogP contribution < -0.4 is 5.32 Å². The van der Waals surface area contributed by atoms with E-state index in [1.807, 2.05) is 31.2 Å². The molecule has 1 aliphatic heterocycles. The summed E-state index contributed by atoms with van der Waals surface area (Å²) in [6.45, 7) is 4.29. The highest BCUT2D eigenvalue weighted by Crippen LogP contribution is 2.39. The molecule has 104 valence electrons. The highest BCUT2D eigenvalue weighted by Gasteiger charge is 2.48. The van der Waals surface area contributed by atoms with Gasteiger partial charge in [-0.05, 0) is 37.3 Å². The van der Waals surface area contributed by atoms with Crippen molar-refractivity contribution < 1.29 is 9.53 Å². The quantitative estimate of drug-likeness (QED) is 0.863. The SMILES string of the molecule is CCOC(=O)C1(Nc2cccc(Cl)c2)CCSC1C. The predicted molar refractivity (Wildman–Crippen MR) is 81.0 cm³/mol. The maximum Gasteiger partial charge on any atom is 0.332 e. The highest BCUT2D eigenvalue weighted by molar-refractivity contribution is 8.00. The van der Waals surface area contributed by atoms with Crippen LogP contribution in [0.1, 0.15) is 20.3 Å². The topological polar surface area (TPSA) is 38.3 Å². The van der Waals surface area contributed by atoms with Gasteiger partial charge in [0, 0.05) is 16.0 Å². The van der Waals surface area contributed by atoms with E-state index in [1.54, 1.807) is 11.8 Å². The zero-order chi connectivity index (χ0) is 13.9. The molecule has 5 heteroatoms. The fourth-order valence-electron chi connectivity index (χ4n) is 2.31. The lowest BCUT2D eigenvalue weighted by Crippen LogP contribution is -2.51. The van der Waals surface area contributed by atoms with Gasteiger partial charge in [-0.3, -0.25) is 0 Å². The van der Waals surface area contributed by atoms with Crippen LogP contribution in [0.2, 0.25) is 5.02 Å². The molecule has 1 aromatic rings. The average molecular weight is 300 g/mol. The van der Waals surface area contributed by atoms with E-state index in [0.29, 0.717) is 11.6 Å². The number of benzene rings is 1. The molecule has 0 aliphatic carbocycles. The van der Waals surface area contributed by atoms with E-state index in [0.717, 1.165) is 17.9 Å². The van der Waals surface area contributed by atoms with E-state index in [4.69, 9.17) is 16.3 Å². The minimum Gasteiger partial charge on any atom is -0.464 e. The van der Waals surface area contributed by atoms with Crippen LogP contribution >= 0.6 is 23.4 Å². The van der Waals surface area contributed by atoms with Gasteiger partial charge in [-0.1, -0.05) is 24.6 Å². The van der Waals surface area contributed by atoms with Gasteiger partial charge in [-0.25, -0.2) is 4.79 Å². The fourth-order valence-corrected chi connectivity index (χ4v) is 3.85. The van der Waals surface area contributed by atoms with E-state index in [1.165, 1.54) is 0 Å². The van der Waals surface area contributed by atoms with Crippen molar-refractivity contribution >= 4 is 35.0 Å². The fraction of sp³-hybridized carbons (Fsp3) is 0.500. The van der Waals surface area contributed by atoms with Gasteiger partial charge in [0.15, 0.2) is 0 Å². The number of hydrogen-bond donors (Lipinski definition) is 1. The van der Waals surface area contributed by atoms with Crippen LogP contribution in [0, 0.1) is 0 Å². The van der Waals surface area contributed by atoms with Crippen LogP contribution in [0.4, 0.5) is 5.69 Å². The molecule has 0 aromatic heterocycles. The lowest BCUT2D eigenvalue weighted by molar-refractivity contribution is -0.148. The molecule has 1 heterocycles. The van der Waals surface area contributed by atoms with E-state index < -0.39 is 5.54 Å². The van der Waals surface area contributed by atoms with E-state index >= 15 is 0 Å². The normalized spacial score (nSPS) is 26.2. The highest BCUT2D eigenvalue weighted by atomic mass is 35.5. The van der Waals surface area contributed by atoms with Crippen LogP contribution in [0.5, 0.6) is 0 Å². The molecule has 2 unspecified atom stereocenters. The number of ether oxygens (including phenoxy) is 1. The van der Waals surface area contributed by atoms with Gasteiger partial charge < -0.3 is 10.1 Å². The number of anilines is 1. The molecular weight excluding hydrogens is 282 g/mol. The number of esters is 1. The van der Waals surface area contributed by atoms with Gasteiger partial charge in [0.05, 0.1) is 6.61 Å². The smallest absolute Gasteiger partial charge is 0.332 e. The minimum atomic E-state index is -0.647. The van der Waals surface area contributed by atoms with Gasteiger partial charge in [0.1, 0.15) is 5.54 Å². The summed E-state index contributed by atoms with van der Waals surface area (Å²) in [4.78, 5) is 12.3. The third kappa shape index (κ3) is 3.00. The molecule has 2 atom stereocenters. The first-order chi connectivity index (χ1) is 9.08. The Hall–Kier alpha value is -0.870. The minimum absolute atomic E-state index is 0.172. The third-order valence-corrected chi connectivity index (χ3v) is 4.97. The Balaban J connectivity index is 2.26. The molecule has 0 saturated carbocycles. The first-order valence-electron chi connectivity index (χ1n) is 6.41. The summed E-state index contributed by atoms with van der Waals surface area (Å²) < 4.78 is 5.25. The summed E-state index contributed by atoms with van der Waals surface area (Å²) in [5.41, 5.74) is 0.209. The summed E-state index contributed by atoms with van der Waals surface area (Å²) in [5, 5.41) is 4.18. The lowest BCUT2D eigenvalue weighted by atomic mass is 9.92. The Morgan fingerprint density at radius 3 is 3.00 bits per heavy atom. The lowest BCUT2D eigenvalue weighted by Gasteiger charge is -2.32. The number of rotatable bonds is 4. The Labute approximate surface area is 123 Å². The second-order valence-corrected chi connectivity index (χ2v) is 6.48. The molecule has 0 spiro atoms. The van der Waals surface area contributed by atoms with Gasteiger partial charge in [0.25, 0.3) is 0 Å². The molecule has 3 nitrogen and oxygen atoms in total. The van der Waals surface area contributed by atoms with Crippen LogP contribution in [0.3, 0.4) is 0 Å². The molecule has 1 N–H and O–H groups in total. The molecule has 19 heavy (non-hydrogen) atoms. The molecule has 2 rings (SSSR count). The van der Waals surface area contributed by atoms with Gasteiger partial charge in [-0.15, -0.1) is 0 Å². The molecule has 1 fully saturated rings. The van der Waals surface area contributed by atoms with Crippen LogP contribution in [-0.4, -0.2) is 29.1 Å². The molecule has 0 bridgehead atoms.